The molecule has 1 saturated carbocycles. The molecule has 1 aliphatic carbocycles. The highest BCUT2D eigenvalue weighted by atomic mass is 35.5. The number of fused-ring (bicyclic) bond motifs is 1. The molecule has 4 heteroatoms. The van der Waals surface area contributed by atoms with E-state index in [0.29, 0.717) is 5.02 Å². The van der Waals surface area contributed by atoms with Crippen molar-refractivity contribution in [1.29, 1.82) is 0 Å². The third-order valence-electron chi connectivity index (χ3n) is 4.03. The number of imidazole rings is 1. The van der Waals surface area contributed by atoms with Crippen molar-refractivity contribution in [3.63, 3.8) is 0 Å². The molecule has 19 heavy (non-hydrogen) atoms. The largest absolute Gasteiger partial charge is 0.326 e. The summed E-state index contributed by atoms with van der Waals surface area (Å²) >= 11 is 12.5. The van der Waals surface area contributed by atoms with Crippen LogP contribution in [0.15, 0.2) is 18.2 Å². The molecule has 0 radical (unpaired) electrons. The Labute approximate surface area is 123 Å². The van der Waals surface area contributed by atoms with Gasteiger partial charge in [0.15, 0.2) is 0 Å². The van der Waals surface area contributed by atoms with Crippen molar-refractivity contribution < 1.29 is 0 Å². The summed E-state index contributed by atoms with van der Waals surface area (Å²) in [6.07, 6.45) is 5.33. The number of aromatic nitrogens is 2. The van der Waals surface area contributed by atoms with Crippen molar-refractivity contribution in [1.82, 2.24) is 9.55 Å². The maximum absolute atomic E-state index is 6.29. The molecule has 1 unspecified atom stereocenters. The van der Waals surface area contributed by atoms with Crippen molar-refractivity contribution in [3.8, 4) is 0 Å². The fourth-order valence-corrected chi connectivity index (χ4v) is 3.46. The monoisotopic (exact) mass is 296 g/mol. The number of rotatable bonds is 3. The van der Waals surface area contributed by atoms with Gasteiger partial charge < -0.3 is 4.57 Å². The van der Waals surface area contributed by atoms with Crippen molar-refractivity contribution in [3.05, 3.63) is 29.0 Å². The quantitative estimate of drug-likeness (QED) is 0.714. The lowest BCUT2D eigenvalue weighted by molar-refractivity contribution is 0.454. The Morgan fingerprint density at radius 1 is 1.37 bits per heavy atom. The van der Waals surface area contributed by atoms with Crippen molar-refractivity contribution in [2.24, 2.45) is 5.92 Å². The maximum Gasteiger partial charge on any atom is 0.127 e. The van der Waals surface area contributed by atoms with E-state index in [0.717, 1.165) is 29.3 Å². The second-order valence-corrected chi connectivity index (χ2v) is 6.52. The van der Waals surface area contributed by atoms with Crippen LogP contribution in [-0.4, -0.2) is 9.55 Å². The summed E-state index contributed by atoms with van der Waals surface area (Å²) in [6.45, 7) is 2.99. The summed E-state index contributed by atoms with van der Waals surface area (Å²) in [7, 11) is 0. The lowest BCUT2D eigenvalue weighted by atomic mass is 10.1. The molecule has 2 nitrogen and oxygen atoms in total. The predicted octanol–water partition coefficient (Wildman–Crippen LogP) is 5.18. The molecule has 0 aliphatic heterocycles. The minimum absolute atomic E-state index is 0.0927. The van der Waals surface area contributed by atoms with Crippen LogP contribution in [0.25, 0.3) is 11.0 Å². The van der Waals surface area contributed by atoms with E-state index in [9.17, 15) is 0 Å². The maximum atomic E-state index is 6.29. The summed E-state index contributed by atoms with van der Waals surface area (Å²) in [5.41, 5.74) is 1.99. The van der Waals surface area contributed by atoms with Crippen LogP contribution in [0, 0.1) is 5.92 Å². The van der Waals surface area contributed by atoms with Gasteiger partial charge in [0, 0.05) is 6.54 Å². The number of nitrogens with zero attached hydrogens (tertiary/aromatic N) is 2. The Bertz CT molecular complexity index is 583. The van der Waals surface area contributed by atoms with Gasteiger partial charge in [0.25, 0.3) is 0 Å². The van der Waals surface area contributed by atoms with Crippen LogP contribution >= 0.6 is 23.2 Å². The second kappa shape index (κ2) is 5.34. The van der Waals surface area contributed by atoms with Crippen molar-refractivity contribution in [2.75, 3.05) is 0 Å². The highest BCUT2D eigenvalue weighted by molar-refractivity contribution is 6.35. The summed E-state index contributed by atoms with van der Waals surface area (Å²) in [4.78, 5) is 4.65. The lowest BCUT2D eigenvalue weighted by Gasteiger charge is -2.15. The molecule has 1 fully saturated rings. The zero-order chi connectivity index (χ0) is 13.4. The fraction of sp³-hybridized carbons (Fsp3) is 0.533. The van der Waals surface area contributed by atoms with Crippen LogP contribution in [0.2, 0.25) is 5.02 Å². The third-order valence-corrected chi connectivity index (χ3v) is 4.53. The van der Waals surface area contributed by atoms with E-state index in [1.165, 1.54) is 25.7 Å². The van der Waals surface area contributed by atoms with Crippen LogP contribution < -0.4 is 0 Å². The molecule has 0 bridgehead atoms. The van der Waals surface area contributed by atoms with E-state index in [1.807, 2.05) is 19.1 Å². The lowest BCUT2D eigenvalue weighted by Crippen LogP contribution is -2.11. The van der Waals surface area contributed by atoms with Crippen LogP contribution in [0.4, 0.5) is 0 Å². The van der Waals surface area contributed by atoms with E-state index >= 15 is 0 Å². The number of hydrogen-bond acceptors (Lipinski definition) is 1. The van der Waals surface area contributed by atoms with E-state index in [2.05, 4.69) is 15.6 Å². The number of halogens is 2. The van der Waals surface area contributed by atoms with E-state index < -0.39 is 0 Å². The van der Waals surface area contributed by atoms with Gasteiger partial charge >= 0.3 is 0 Å². The van der Waals surface area contributed by atoms with Gasteiger partial charge in [-0.25, -0.2) is 4.98 Å². The van der Waals surface area contributed by atoms with Gasteiger partial charge in [-0.3, -0.25) is 0 Å². The zero-order valence-corrected chi connectivity index (χ0v) is 12.6. The molecule has 2 aromatic rings. The van der Waals surface area contributed by atoms with Crippen LogP contribution in [0.1, 0.15) is 43.8 Å². The number of alkyl halides is 1. The first-order chi connectivity index (χ1) is 9.16. The molecular formula is C15H18Cl2N2. The van der Waals surface area contributed by atoms with Gasteiger partial charge in [-0.1, -0.05) is 30.5 Å². The van der Waals surface area contributed by atoms with Gasteiger partial charge in [0.1, 0.15) is 11.3 Å². The van der Waals surface area contributed by atoms with Crippen molar-refractivity contribution in [2.45, 2.75) is 44.5 Å². The molecule has 1 aromatic heterocycles. The molecule has 1 aromatic carbocycles. The molecule has 3 rings (SSSR count). The topological polar surface area (TPSA) is 17.8 Å². The second-order valence-electron chi connectivity index (χ2n) is 5.45. The van der Waals surface area contributed by atoms with Gasteiger partial charge in [-0.15, -0.1) is 11.6 Å². The Morgan fingerprint density at radius 3 is 2.79 bits per heavy atom. The van der Waals surface area contributed by atoms with Gasteiger partial charge in [-0.2, -0.15) is 0 Å². The molecule has 1 aliphatic rings. The number of benzene rings is 1. The van der Waals surface area contributed by atoms with Gasteiger partial charge in [0.05, 0.1) is 15.9 Å². The molecule has 1 heterocycles. The summed E-state index contributed by atoms with van der Waals surface area (Å²) in [5.74, 6) is 1.70. The van der Waals surface area contributed by atoms with Crippen molar-refractivity contribution >= 4 is 34.2 Å². The Hall–Kier alpha value is -0.730. The first-order valence-corrected chi connectivity index (χ1v) is 7.77. The van der Waals surface area contributed by atoms with Gasteiger partial charge in [-0.05, 0) is 37.8 Å². The molecule has 0 saturated heterocycles. The normalized spacial score (nSPS) is 18.3. The summed E-state index contributed by atoms with van der Waals surface area (Å²) in [6, 6.07) is 5.96. The zero-order valence-electron chi connectivity index (χ0n) is 11.1. The van der Waals surface area contributed by atoms with Crippen LogP contribution in [0.5, 0.6) is 0 Å². The molecule has 0 amide bonds. The van der Waals surface area contributed by atoms with Gasteiger partial charge in [0.2, 0.25) is 0 Å². The average Bonchev–Trinajstić information content (AvgIpc) is 2.99. The highest BCUT2D eigenvalue weighted by Gasteiger charge is 2.21. The standard InChI is InChI=1S/C15H18Cl2N2/c1-10(16)15-18-14-12(17)7-4-8-13(14)19(15)9-11-5-2-3-6-11/h4,7-8,10-11H,2-3,5-6,9H2,1H3. The van der Waals surface area contributed by atoms with E-state index in [-0.39, 0.29) is 5.38 Å². The third kappa shape index (κ3) is 2.48. The summed E-state index contributed by atoms with van der Waals surface area (Å²) < 4.78 is 2.27. The minimum Gasteiger partial charge on any atom is -0.326 e. The van der Waals surface area contributed by atoms with E-state index in [4.69, 9.17) is 23.2 Å². The number of para-hydroxylation sites is 1. The minimum atomic E-state index is -0.0927. The molecule has 1 atom stereocenters. The molecule has 102 valence electrons. The molecular weight excluding hydrogens is 279 g/mol. The first-order valence-electron chi connectivity index (χ1n) is 6.95. The Balaban J connectivity index is 2.08. The first kappa shape index (κ1) is 13.3. The Kier molecular flexibility index (Phi) is 3.72. The predicted molar refractivity (Wildman–Crippen MR) is 81.0 cm³/mol. The SMILES string of the molecule is CC(Cl)c1nc2c(Cl)cccc2n1CC1CCCC1. The molecule has 0 N–H and O–H groups in total. The highest BCUT2D eigenvalue weighted by Crippen LogP contribution is 2.32. The Morgan fingerprint density at radius 2 is 2.11 bits per heavy atom. The molecule has 0 spiro atoms. The summed E-state index contributed by atoms with van der Waals surface area (Å²) in [5, 5.41) is 0.617. The average molecular weight is 297 g/mol. The number of hydrogen-bond donors (Lipinski definition) is 0. The van der Waals surface area contributed by atoms with E-state index in [1.54, 1.807) is 0 Å². The van der Waals surface area contributed by atoms with Crippen LogP contribution in [-0.2, 0) is 6.54 Å². The smallest absolute Gasteiger partial charge is 0.127 e. The fourth-order valence-electron chi connectivity index (χ4n) is 3.08. The van der Waals surface area contributed by atoms with Crippen LogP contribution in [0.3, 0.4) is 0 Å².